The lowest BCUT2D eigenvalue weighted by molar-refractivity contribution is -0.143. The molecule has 0 aliphatic heterocycles. The molecule has 0 spiro atoms. The molecule has 1 heterocycles. The molecule has 3 N–H and O–H groups in total. The molecule has 0 atom stereocenters. The minimum absolute atomic E-state index is 0.205. The van der Waals surface area contributed by atoms with E-state index in [0.29, 0.717) is 18.5 Å². The molecule has 6 nitrogen and oxygen atoms in total. The molecule has 1 fully saturated rings. The van der Waals surface area contributed by atoms with Gasteiger partial charge in [0.2, 0.25) is 0 Å². The van der Waals surface area contributed by atoms with E-state index in [9.17, 15) is 9.90 Å². The second-order valence-electron chi connectivity index (χ2n) is 4.44. The molecular weight excluding hydrogens is 220 g/mol. The van der Waals surface area contributed by atoms with Crippen LogP contribution in [0, 0.1) is 11.3 Å². The number of aromatic nitrogens is 2. The third-order valence-corrected chi connectivity index (χ3v) is 3.52. The number of aliphatic carboxylic acids is 1. The van der Waals surface area contributed by atoms with E-state index in [1.807, 2.05) is 6.07 Å². The van der Waals surface area contributed by atoms with Gasteiger partial charge in [0, 0.05) is 7.05 Å². The monoisotopic (exact) mass is 234 g/mol. The maximum absolute atomic E-state index is 11.5. The van der Waals surface area contributed by atoms with Crippen molar-refractivity contribution in [2.75, 3.05) is 5.73 Å². The Morgan fingerprint density at radius 3 is 2.65 bits per heavy atom. The minimum atomic E-state index is -1.03. The van der Waals surface area contributed by atoms with Gasteiger partial charge in [-0.25, -0.2) is 0 Å². The summed E-state index contributed by atoms with van der Waals surface area (Å²) in [4.78, 5) is 11.5. The van der Waals surface area contributed by atoms with Crippen molar-refractivity contribution in [1.82, 2.24) is 9.78 Å². The highest BCUT2D eigenvalue weighted by atomic mass is 16.4. The first-order valence-electron chi connectivity index (χ1n) is 5.49. The van der Waals surface area contributed by atoms with E-state index < -0.39 is 11.4 Å². The summed E-state index contributed by atoms with van der Waals surface area (Å²) in [6.45, 7) is 0. The third kappa shape index (κ3) is 1.46. The lowest BCUT2D eigenvalue weighted by atomic mass is 9.81. The van der Waals surface area contributed by atoms with E-state index in [1.54, 1.807) is 7.05 Å². The van der Waals surface area contributed by atoms with E-state index in [2.05, 4.69) is 5.10 Å². The second-order valence-corrected chi connectivity index (χ2v) is 4.44. The van der Waals surface area contributed by atoms with Crippen LogP contribution >= 0.6 is 0 Å². The predicted octanol–water partition coefficient (Wildman–Crippen LogP) is 0.770. The van der Waals surface area contributed by atoms with E-state index in [-0.39, 0.29) is 11.4 Å². The molecule has 0 aromatic carbocycles. The topological polar surface area (TPSA) is 105 Å². The Labute approximate surface area is 98.6 Å². The van der Waals surface area contributed by atoms with Gasteiger partial charge in [-0.15, -0.1) is 0 Å². The average Bonchev–Trinajstić information content (AvgIpc) is 2.86. The Kier molecular flexibility index (Phi) is 2.54. The molecule has 1 aromatic rings. The van der Waals surface area contributed by atoms with Crippen molar-refractivity contribution in [3.05, 3.63) is 11.3 Å². The van der Waals surface area contributed by atoms with Crippen LogP contribution in [0.1, 0.15) is 36.9 Å². The highest BCUT2D eigenvalue weighted by molar-refractivity contribution is 5.83. The molecule has 0 unspecified atom stereocenters. The van der Waals surface area contributed by atoms with E-state index in [1.165, 1.54) is 4.68 Å². The summed E-state index contributed by atoms with van der Waals surface area (Å²) in [5.74, 6) is -0.681. The number of nitriles is 1. The number of aryl methyl sites for hydroxylation is 1. The molecule has 1 aliphatic rings. The van der Waals surface area contributed by atoms with Crippen LogP contribution in [0.5, 0.6) is 0 Å². The maximum atomic E-state index is 11.5. The van der Waals surface area contributed by atoms with E-state index in [4.69, 9.17) is 11.0 Å². The highest BCUT2D eigenvalue weighted by Gasteiger charge is 2.47. The van der Waals surface area contributed by atoms with Crippen molar-refractivity contribution >= 4 is 11.8 Å². The summed E-state index contributed by atoms with van der Waals surface area (Å²) in [6.07, 6.45) is 2.72. The second kappa shape index (κ2) is 3.77. The molecule has 90 valence electrons. The third-order valence-electron chi connectivity index (χ3n) is 3.52. The summed E-state index contributed by atoms with van der Waals surface area (Å²) in [5.41, 5.74) is 5.23. The minimum Gasteiger partial charge on any atom is -0.481 e. The molecule has 1 aromatic heterocycles. The van der Waals surface area contributed by atoms with Crippen molar-refractivity contribution in [1.29, 1.82) is 5.26 Å². The molecule has 0 bridgehead atoms. The van der Waals surface area contributed by atoms with Gasteiger partial charge in [-0.1, -0.05) is 12.8 Å². The molecule has 1 aliphatic carbocycles. The van der Waals surface area contributed by atoms with E-state index in [0.717, 1.165) is 12.8 Å². The number of nitrogens with two attached hydrogens (primary N) is 1. The van der Waals surface area contributed by atoms with Gasteiger partial charge in [-0.05, 0) is 12.8 Å². The van der Waals surface area contributed by atoms with Gasteiger partial charge in [0.25, 0.3) is 0 Å². The zero-order valence-corrected chi connectivity index (χ0v) is 9.60. The van der Waals surface area contributed by atoms with Gasteiger partial charge in [0.15, 0.2) is 0 Å². The Morgan fingerprint density at radius 2 is 2.18 bits per heavy atom. The van der Waals surface area contributed by atoms with Crippen LogP contribution in [0.3, 0.4) is 0 Å². The number of carbonyl (C=O) groups is 1. The maximum Gasteiger partial charge on any atom is 0.315 e. The summed E-state index contributed by atoms with van der Waals surface area (Å²) in [5, 5.41) is 22.7. The van der Waals surface area contributed by atoms with Crippen molar-refractivity contribution < 1.29 is 9.90 Å². The molecule has 2 rings (SSSR count). The van der Waals surface area contributed by atoms with Gasteiger partial charge in [-0.3, -0.25) is 9.48 Å². The summed E-state index contributed by atoms with van der Waals surface area (Å²) in [6, 6.07) is 1.97. The van der Waals surface area contributed by atoms with Gasteiger partial charge < -0.3 is 10.8 Å². The van der Waals surface area contributed by atoms with Gasteiger partial charge in [0.1, 0.15) is 22.9 Å². The number of hydrogen-bond donors (Lipinski definition) is 2. The zero-order chi connectivity index (χ0) is 12.6. The van der Waals surface area contributed by atoms with Gasteiger partial charge in [0.05, 0.1) is 5.69 Å². The molecule has 0 radical (unpaired) electrons. The summed E-state index contributed by atoms with van der Waals surface area (Å²) >= 11 is 0. The van der Waals surface area contributed by atoms with Crippen molar-refractivity contribution in [3.63, 3.8) is 0 Å². The largest absolute Gasteiger partial charge is 0.481 e. The number of nitrogen functional groups attached to an aromatic ring is 1. The number of hydrogen-bond acceptors (Lipinski definition) is 4. The smallest absolute Gasteiger partial charge is 0.315 e. The fourth-order valence-corrected chi connectivity index (χ4v) is 2.51. The van der Waals surface area contributed by atoms with Crippen LogP contribution in [-0.4, -0.2) is 20.9 Å². The summed E-state index contributed by atoms with van der Waals surface area (Å²) in [7, 11) is 1.62. The number of carboxylic acid groups (broad SMARTS) is 1. The van der Waals surface area contributed by atoms with Crippen molar-refractivity contribution in [2.45, 2.75) is 31.1 Å². The lowest BCUT2D eigenvalue weighted by Gasteiger charge is -2.21. The van der Waals surface area contributed by atoms with E-state index >= 15 is 0 Å². The van der Waals surface area contributed by atoms with Gasteiger partial charge >= 0.3 is 5.97 Å². The van der Waals surface area contributed by atoms with Crippen LogP contribution in [0.4, 0.5) is 5.82 Å². The number of anilines is 1. The van der Waals surface area contributed by atoms with Crippen LogP contribution in [0.15, 0.2) is 0 Å². The Morgan fingerprint density at radius 1 is 1.59 bits per heavy atom. The highest BCUT2D eigenvalue weighted by Crippen LogP contribution is 2.42. The molecule has 1 saturated carbocycles. The molecule has 0 saturated heterocycles. The standard InChI is InChI=1S/C11H14N4O2/c1-15-9(13)7(6-12)8(14-15)11(10(16)17)4-2-3-5-11/h2-5,13H2,1H3,(H,16,17). The van der Waals surface area contributed by atoms with Gasteiger partial charge in [-0.2, -0.15) is 10.4 Å². The van der Waals surface area contributed by atoms with Crippen LogP contribution in [0.2, 0.25) is 0 Å². The first kappa shape index (κ1) is 11.5. The SMILES string of the molecule is Cn1nc(C2(C(=O)O)CCCC2)c(C#N)c1N. The zero-order valence-electron chi connectivity index (χ0n) is 9.60. The average molecular weight is 234 g/mol. The molecule has 0 amide bonds. The van der Waals surface area contributed by atoms with Crippen molar-refractivity contribution in [3.8, 4) is 6.07 Å². The number of nitrogens with zero attached hydrogens (tertiary/aromatic N) is 3. The van der Waals surface area contributed by atoms with Crippen LogP contribution < -0.4 is 5.73 Å². The molecule has 17 heavy (non-hydrogen) atoms. The predicted molar refractivity (Wildman–Crippen MR) is 60.1 cm³/mol. The Bertz CT molecular complexity index is 506. The number of rotatable bonds is 2. The molecule has 6 heteroatoms. The lowest BCUT2D eigenvalue weighted by Crippen LogP contribution is -2.34. The fraction of sp³-hybridized carbons (Fsp3) is 0.545. The quantitative estimate of drug-likeness (QED) is 0.786. The summed E-state index contributed by atoms with van der Waals surface area (Å²) < 4.78 is 1.37. The van der Waals surface area contributed by atoms with Crippen LogP contribution in [0.25, 0.3) is 0 Å². The Balaban J connectivity index is 2.63. The Hall–Kier alpha value is -2.03. The van der Waals surface area contributed by atoms with Crippen molar-refractivity contribution in [2.24, 2.45) is 7.05 Å². The number of carboxylic acids is 1. The normalized spacial score (nSPS) is 17.9. The fourth-order valence-electron chi connectivity index (χ4n) is 2.51. The first-order valence-corrected chi connectivity index (χ1v) is 5.49. The van der Waals surface area contributed by atoms with Crippen LogP contribution in [-0.2, 0) is 17.3 Å². The first-order chi connectivity index (χ1) is 8.03. The molecular formula is C11H14N4O2.